The highest BCUT2D eigenvalue weighted by Gasteiger charge is 2.20. The Bertz CT molecular complexity index is 942. The predicted octanol–water partition coefficient (Wildman–Crippen LogP) is 2.36. The highest BCUT2D eigenvalue weighted by molar-refractivity contribution is 7.92. The number of carbonyl (C=O) groups is 2. The number of anilines is 1. The maximum absolute atomic E-state index is 12.7. The molecule has 0 saturated carbocycles. The molecule has 2 rings (SSSR count). The van der Waals surface area contributed by atoms with Gasteiger partial charge in [0.15, 0.2) is 0 Å². The molecule has 1 N–H and O–H groups in total. The van der Waals surface area contributed by atoms with E-state index < -0.39 is 21.9 Å². The summed E-state index contributed by atoms with van der Waals surface area (Å²) in [6.07, 6.45) is 1.04. The van der Waals surface area contributed by atoms with E-state index in [9.17, 15) is 18.0 Å². The van der Waals surface area contributed by atoms with Crippen LogP contribution in [-0.4, -0.2) is 40.7 Å². The van der Waals surface area contributed by atoms with Crippen molar-refractivity contribution in [1.29, 1.82) is 0 Å². The highest BCUT2D eigenvalue weighted by Crippen LogP contribution is 2.22. The zero-order chi connectivity index (χ0) is 20.2. The van der Waals surface area contributed by atoms with Crippen LogP contribution in [0.25, 0.3) is 0 Å². The van der Waals surface area contributed by atoms with E-state index in [0.29, 0.717) is 0 Å². The number of ether oxygens (including phenoxy) is 1. The molecule has 1 atom stereocenters. The Hall–Kier alpha value is -2.87. The standard InChI is InChI=1S/C19H22N2O5S/c1-13(14-8-6-5-7-9-14)20-18(22)15-10-16(19(23)26-3)12-17(11-15)21(2)27(4,24)25/h5-13H,1-4H3,(H,20,22). The summed E-state index contributed by atoms with van der Waals surface area (Å²) < 4.78 is 29.4. The minimum absolute atomic E-state index is 0.0861. The Kier molecular flexibility index (Phi) is 6.22. The summed E-state index contributed by atoms with van der Waals surface area (Å²) in [5, 5.41) is 2.84. The summed E-state index contributed by atoms with van der Waals surface area (Å²) in [7, 11) is -1.00. The number of methoxy groups -OCH3 is 1. The molecule has 0 bridgehead atoms. The molecule has 0 saturated heterocycles. The quantitative estimate of drug-likeness (QED) is 0.765. The molecule has 2 aromatic carbocycles. The largest absolute Gasteiger partial charge is 0.465 e. The fourth-order valence-corrected chi connectivity index (χ4v) is 2.94. The van der Waals surface area contributed by atoms with Gasteiger partial charge in [-0.15, -0.1) is 0 Å². The molecule has 0 aliphatic carbocycles. The second-order valence-corrected chi connectivity index (χ2v) is 8.11. The van der Waals surface area contributed by atoms with Crippen LogP contribution in [-0.2, 0) is 14.8 Å². The van der Waals surface area contributed by atoms with Crippen molar-refractivity contribution in [2.45, 2.75) is 13.0 Å². The van der Waals surface area contributed by atoms with Gasteiger partial charge < -0.3 is 10.1 Å². The van der Waals surface area contributed by atoms with Crippen molar-refractivity contribution in [3.63, 3.8) is 0 Å². The third-order valence-electron chi connectivity index (χ3n) is 4.11. The molecule has 0 heterocycles. The molecule has 144 valence electrons. The lowest BCUT2D eigenvalue weighted by molar-refractivity contribution is 0.0600. The van der Waals surface area contributed by atoms with Gasteiger partial charge in [0.2, 0.25) is 10.0 Å². The van der Waals surface area contributed by atoms with Crippen molar-refractivity contribution >= 4 is 27.6 Å². The van der Waals surface area contributed by atoms with Crippen LogP contribution in [0, 0.1) is 0 Å². The SMILES string of the molecule is COC(=O)c1cc(C(=O)NC(C)c2ccccc2)cc(N(C)S(C)(=O)=O)c1. The fraction of sp³-hybridized carbons (Fsp3) is 0.263. The van der Waals surface area contributed by atoms with Crippen LogP contribution in [0.15, 0.2) is 48.5 Å². The maximum Gasteiger partial charge on any atom is 0.337 e. The first kappa shape index (κ1) is 20.4. The molecular weight excluding hydrogens is 368 g/mol. The summed E-state index contributed by atoms with van der Waals surface area (Å²) in [6, 6.07) is 13.3. The first-order valence-electron chi connectivity index (χ1n) is 8.16. The molecule has 7 nitrogen and oxygen atoms in total. The average molecular weight is 390 g/mol. The van der Waals surface area contributed by atoms with Gasteiger partial charge in [-0.3, -0.25) is 9.10 Å². The Morgan fingerprint density at radius 1 is 1.07 bits per heavy atom. The van der Waals surface area contributed by atoms with Gasteiger partial charge in [0, 0.05) is 12.6 Å². The second kappa shape index (κ2) is 8.22. The minimum Gasteiger partial charge on any atom is -0.465 e. The number of benzene rings is 2. The molecule has 2 aromatic rings. The summed E-state index contributed by atoms with van der Waals surface area (Å²) >= 11 is 0. The average Bonchev–Trinajstić information content (AvgIpc) is 2.66. The second-order valence-electron chi connectivity index (χ2n) is 6.10. The van der Waals surface area contributed by atoms with Gasteiger partial charge in [0.1, 0.15) is 0 Å². The fourth-order valence-electron chi connectivity index (χ4n) is 2.46. The first-order valence-corrected chi connectivity index (χ1v) is 10.0. The number of carbonyl (C=O) groups excluding carboxylic acids is 2. The molecule has 27 heavy (non-hydrogen) atoms. The molecule has 8 heteroatoms. The number of sulfonamides is 1. The van der Waals surface area contributed by atoms with E-state index in [2.05, 4.69) is 5.32 Å². The van der Waals surface area contributed by atoms with E-state index in [0.717, 1.165) is 16.1 Å². The topological polar surface area (TPSA) is 92.8 Å². The van der Waals surface area contributed by atoms with Gasteiger partial charge in [0.25, 0.3) is 5.91 Å². The first-order chi connectivity index (χ1) is 12.6. The van der Waals surface area contributed by atoms with Crippen LogP contribution in [0.5, 0.6) is 0 Å². The molecule has 0 aliphatic heterocycles. The lowest BCUT2D eigenvalue weighted by atomic mass is 10.1. The smallest absolute Gasteiger partial charge is 0.337 e. The Morgan fingerprint density at radius 2 is 1.67 bits per heavy atom. The maximum atomic E-state index is 12.7. The van der Waals surface area contributed by atoms with Gasteiger partial charge in [-0.05, 0) is 30.7 Å². The van der Waals surface area contributed by atoms with E-state index in [1.807, 2.05) is 37.3 Å². The Labute approximate surface area is 159 Å². The number of rotatable bonds is 6. The van der Waals surface area contributed by atoms with Crippen molar-refractivity contribution in [2.75, 3.05) is 24.7 Å². The molecule has 0 radical (unpaired) electrons. The van der Waals surface area contributed by atoms with Crippen molar-refractivity contribution in [3.05, 3.63) is 65.2 Å². The Balaban J connectivity index is 2.39. The lowest BCUT2D eigenvalue weighted by Gasteiger charge is -2.19. The number of nitrogens with one attached hydrogen (secondary N) is 1. The predicted molar refractivity (Wildman–Crippen MR) is 103 cm³/mol. The van der Waals surface area contributed by atoms with E-state index in [1.165, 1.54) is 32.4 Å². The van der Waals surface area contributed by atoms with Gasteiger partial charge in [0.05, 0.1) is 30.7 Å². The van der Waals surface area contributed by atoms with Crippen LogP contribution >= 0.6 is 0 Å². The Morgan fingerprint density at radius 3 is 2.22 bits per heavy atom. The summed E-state index contributed by atoms with van der Waals surface area (Å²) in [5.74, 6) is -1.09. The van der Waals surface area contributed by atoms with Crippen LogP contribution < -0.4 is 9.62 Å². The monoisotopic (exact) mass is 390 g/mol. The number of hydrogen-bond acceptors (Lipinski definition) is 5. The number of esters is 1. The van der Waals surface area contributed by atoms with Crippen molar-refractivity contribution in [1.82, 2.24) is 5.32 Å². The molecule has 1 unspecified atom stereocenters. The molecule has 0 aliphatic rings. The third-order valence-corrected chi connectivity index (χ3v) is 5.32. The van der Waals surface area contributed by atoms with E-state index in [4.69, 9.17) is 4.74 Å². The number of nitrogens with zero attached hydrogens (tertiary/aromatic N) is 1. The molecule has 0 spiro atoms. The van der Waals surface area contributed by atoms with Crippen LogP contribution in [0.1, 0.15) is 39.2 Å². The third kappa shape index (κ3) is 5.07. The molecular formula is C19H22N2O5S. The minimum atomic E-state index is -3.56. The summed E-state index contributed by atoms with van der Waals surface area (Å²) in [4.78, 5) is 24.6. The van der Waals surface area contributed by atoms with E-state index in [1.54, 1.807) is 0 Å². The van der Waals surface area contributed by atoms with Gasteiger partial charge in [-0.25, -0.2) is 13.2 Å². The summed E-state index contributed by atoms with van der Waals surface area (Å²) in [5.41, 5.74) is 1.36. The number of amides is 1. The van der Waals surface area contributed by atoms with Gasteiger partial charge in [-0.2, -0.15) is 0 Å². The zero-order valence-corrected chi connectivity index (χ0v) is 16.4. The van der Waals surface area contributed by atoms with E-state index in [-0.39, 0.29) is 22.9 Å². The van der Waals surface area contributed by atoms with Crippen molar-refractivity contribution < 1.29 is 22.7 Å². The van der Waals surface area contributed by atoms with Crippen LogP contribution in [0.4, 0.5) is 5.69 Å². The normalized spacial score (nSPS) is 12.1. The number of hydrogen-bond donors (Lipinski definition) is 1. The van der Waals surface area contributed by atoms with Crippen LogP contribution in [0.2, 0.25) is 0 Å². The van der Waals surface area contributed by atoms with Gasteiger partial charge >= 0.3 is 5.97 Å². The van der Waals surface area contributed by atoms with Crippen LogP contribution in [0.3, 0.4) is 0 Å². The zero-order valence-electron chi connectivity index (χ0n) is 15.6. The molecule has 0 fully saturated rings. The van der Waals surface area contributed by atoms with E-state index >= 15 is 0 Å². The lowest BCUT2D eigenvalue weighted by Crippen LogP contribution is -2.28. The van der Waals surface area contributed by atoms with Gasteiger partial charge in [-0.1, -0.05) is 30.3 Å². The molecule has 0 aromatic heterocycles. The van der Waals surface area contributed by atoms with Crippen molar-refractivity contribution in [2.24, 2.45) is 0 Å². The van der Waals surface area contributed by atoms with Crippen molar-refractivity contribution in [3.8, 4) is 0 Å². The summed E-state index contributed by atoms with van der Waals surface area (Å²) in [6.45, 7) is 1.83. The highest BCUT2D eigenvalue weighted by atomic mass is 32.2. The molecule has 1 amide bonds.